The quantitative estimate of drug-likeness (QED) is 0.703. The first-order chi connectivity index (χ1) is 16.6. The van der Waals surface area contributed by atoms with Gasteiger partial charge < -0.3 is 24.4 Å². The number of methoxy groups -OCH3 is 2. The second-order valence-electron chi connectivity index (χ2n) is 8.91. The Morgan fingerprint density at radius 3 is 2.56 bits per heavy atom. The molecule has 1 saturated heterocycles. The molecular weight excluding hydrogens is 434 g/mol. The Morgan fingerprint density at radius 2 is 1.79 bits per heavy atom. The van der Waals surface area contributed by atoms with E-state index in [0.29, 0.717) is 36.6 Å². The summed E-state index contributed by atoms with van der Waals surface area (Å²) in [5.41, 5.74) is 3.41. The summed E-state index contributed by atoms with van der Waals surface area (Å²) >= 11 is 0. The Balaban J connectivity index is 1.49. The molecule has 2 aromatic carbocycles. The maximum absolute atomic E-state index is 13.7. The highest BCUT2D eigenvalue weighted by molar-refractivity contribution is 6.01. The van der Waals surface area contributed by atoms with Crippen LogP contribution in [0.2, 0.25) is 0 Å². The van der Waals surface area contributed by atoms with E-state index in [1.165, 1.54) is 0 Å². The van der Waals surface area contributed by atoms with Crippen LogP contribution >= 0.6 is 0 Å². The number of morpholine rings is 1. The minimum atomic E-state index is -0.504. The SMILES string of the molecule is COc1cc2c(cc1OC)C1C(C(=O)NCCN3CCOCC3)c3ccccc3C(=O)N1CC2. The largest absolute Gasteiger partial charge is 0.493 e. The van der Waals surface area contributed by atoms with Crippen molar-refractivity contribution in [3.05, 3.63) is 58.7 Å². The number of benzene rings is 2. The van der Waals surface area contributed by atoms with Crippen LogP contribution in [-0.2, 0) is 16.0 Å². The van der Waals surface area contributed by atoms with E-state index >= 15 is 0 Å². The fraction of sp³-hybridized carbons (Fsp3) is 0.462. The van der Waals surface area contributed by atoms with Crippen LogP contribution in [0.5, 0.6) is 11.5 Å². The van der Waals surface area contributed by atoms with Crippen molar-refractivity contribution in [2.24, 2.45) is 0 Å². The number of amides is 2. The molecule has 0 aliphatic carbocycles. The molecule has 3 heterocycles. The predicted molar refractivity (Wildman–Crippen MR) is 126 cm³/mol. The fourth-order valence-electron chi connectivity index (χ4n) is 5.41. The first-order valence-corrected chi connectivity index (χ1v) is 11.8. The molecule has 8 heteroatoms. The Labute approximate surface area is 199 Å². The van der Waals surface area contributed by atoms with Gasteiger partial charge in [-0.15, -0.1) is 0 Å². The van der Waals surface area contributed by atoms with Gasteiger partial charge in [0.15, 0.2) is 11.5 Å². The van der Waals surface area contributed by atoms with E-state index in [1.807, 2.05) is 41.3 Å². The van der Waals surface area contributed by atoms with Crippen molar-refractivity contribution in [1.29, 1.82) is 0 Å². The zero-order chi connectivity index (χ0) is 23.7. The normalized spacial score (nSPS) is 21.8. The number of nitrogens with zero attached hydrogens (tertiary/aromatic N) is 2. The molecule has 2 aromatic rings. The third-order valence-corrected chi connectivity index (χ3v) is 7.14. The van der Waals surface area contributed by atoms with Crippen molar-refractivity contribution in [1.82, 2.24) is 15.1 Å². The highest BCUT2D eigenvalue weighted by Crippen LogP contribution is 2.48. The third-order valence-electron chi connectivity index (χ3n) is 7.14. The lowest BCUT2D eigenvalue weighted by molar-refractivity contribution is -0.124. The van der Waals surface area contributed by atoms with Crippen LogP contribution in [0.25, 0.3) is 0 Å². The lowest BCUT2D eigenvalue weighted by atomic mass is 9.75. The molecule has 0 saturated carbocycles. The van der Waals surface area contributed by atoms with E-state index in [9.17, 15) is 9.59 Å². The molecule has 0 aromatic heterocycles. The number of fused-ring (bicyclic) bond motifs is 4. The van der Waals surface area contributed by atoms with Gasteiger partial charge in [0.1, 0.15) is 0 Å². The molecule has 180 valence electrons. The Hall–Kier alpha value is -3.10. The number of nitrogens with one attached hydrogen (secondary N) is 1. The van der Waals surface area contributed by atoms with E-state index in [-0.39, 0.29) is 11.8 Å². The first-order valence-electron chi connectivity index (χ1n) is 11.8. The average molecular weight is 466 g/mol. The van der Waals surface area contributed by atoms with Gasteiger partial charge in [0, 0.05) is 38.3 Å². The molecule has 3 aliphatic rings. The molecule has 2 atom stereocenters. The summed E-state index contributed by atoms with van der Waals surface area (Å²) in [6, 6.07) is 11.0. The third kappa shape index (κ3) is 4.01. The highest BCUT2D eigenvalue weighted by atomic mass is 16.5. The Bertz CT molecular complexity index is 1080. The van der Waals surface area contributed by atoms with Crippen molar-refractivity contribution in [2.75, 3.05) is 60.2 Å². The van der Waals surface area contributed by atoms with E-state index in [1.54, 1.807) is 14.2 Å². The summed E-state index contributed by atoms with van der Waals surface area (Å²) < 4.78 is 16.5. The minimum Gasteiger partial charge on any atom is -0.493 e. The number of hydrogen-bond donors (Lipinski definition) is 1. The van der Waals surface area contributed by atoms with Gasteiger partial charge in [-0.3, -0.25) is 14.5 Å². The van der Waals surface area contributed by atoms with Crippen LogP contribution in [0.3, 0.4) is 0 Å². The van der Waals surface area contributed by atoms with Crippen LogP contribution in [0.1, 0.15) is 39.0 Å². The zero-order valence-electron chi connectivity index (χ0n) is 19.7. The van der Waals surface area contributed by atoms with E-state index in [4.69, 9.17) is 14.2 Å². The number of carbonyl (C=O) groups excluding carboxylic acids is 2. The maximum atomic E-state index is 13.7. The lowest BCUT2D eigenvalue weighted by Crippen LogP contribution is -2.50. The van der Waals surface area contributed by atoms with E-state index in [2.05, 4.69) is 10.2 Å². The molecule has 0 radical (unpaired) electrons. The monoisotopic (exact) mass is 465 g/mol. The van der Waals surface area contributed by atoms with Gasteiger partial charge in [0.25, 0.3) is 5.91 Å². The highest BCUT2D eigenvalue weighted by Gasteiger charge is 2.46. The van der Waals surface area contributed by atoms with Gasteiger partial charge in [-0.05, 0) is 41.3 Å². The molecule has 2 unspecified atom stereocenters. The summed E-state index contributed by atoms with van der Waals surface area (Å²) in [5, 5.41) is 3.16. The van der Waals surface area contributed by atoms with Gasteiger partial charge in [-0.25, -0.2) is 0 Å². The number of ether oxygens (including phenoxy) is 3. The molecule has 2 amide bonds. The van der Waals surface area contributed by atoms with Crippen molar-refractivity contribution in [3.8, 4) is 11.5 Å². The lowest BCUT2D eigenvalue weighted by Gasteiger charge is -2.45. The summed E-state index contributed by atoms with van der Waals surface area (Å²) in [6.45, 7) is 5.09. The standard InChI is InChI=1S/C26H31N3O5/c1-32-21-15-17-7-9-29-24(20(17)16-22(21)33-2)23(18-5-3-4-6-19(18)26(29)31)25(30)27-8-10-28-11-13-34-14-12-28/h3-6,15-16,23-24H,7-14H2,1-2H3,(H,27,30). The first kappa shape index (κ1) is 22.7. The summed E-state index contributed by atoms with van der Waals surface area (Å²) in [7, 11) is 3.21. The smallest absolute Gasteiger partial charge is 0.254 e. The van der Waals surface area contributed by atoms with Crippen LogP contribution in [0.4, 0.5) is 0 Å². The van der Waals surface area contributed by atoms with Crippen molar-refractivity contribution in [3.63, 3.8) is 0 Å². The molecular formula is C26H31N3O5. The van der Waals surface area contributed by atoms with Gasteiger partial charge in [-0.1, -0.05) is 18.2 Å². The maximum Gasteiger partial charge on any atom is 0.254 e. The van der Waals surface area contributed by atoms with Gasteiger partial charge in [0.05, 0.1) is 39.4 Å². The fourth-order valence-corrected chi connectivity index (χ4v) is 5.41. The Kier molecular flexibility index (Phi) is 6.43. The number of carbonyl (C=O) groups is 2. The van der Waals surface area contributed by atoms with E-state index in [0.717, 1.165) is 49.5 Å². The average Bonchev–Trinajstić information content (AvgIpc) is 2.88. The van der Waals surface area contributed by atoms with Gasteiger partial charge >= 0.3 is 0 Å². The molecule has 34 heavy (non-hydrogen) atoms. The second kappa shape index (κ2) is 9.64. The van der Waals surface area contributed by atoms with Gasteiger partial charge in [0.2, 0.25) is 5.91 Å². The molecule has 5 rings (SSSR count). The van der Waals surface area contributed by atoms with Crippen LogP contribution in [0.15, 0.2) is 36.4 Å². The summed E-state index contributed by atoms with van der Waals surface area (Å²) in [4.78, 5) is 31.3. The second-order valence-corrected chi connectivity index (χ2v) is 8.91. The predicted octanol–water partition coefficient (Wildman–Crippen LogP) is 1.99. The minimum absolute atomic E-state index is 0.0293. The van der Waals surface area contributed by atoms with Crippen LogP contribution in [-0.4, -0.2) is 81.8 Å². The van der Waals surface area contributed by atoms with Gasteiger partial charge in [-0.2, -0.15) is 0 Å². The summed E-state index contributed by atoms with van der Waals surface area (Å²) in [5.74, 6) is 0.657. The molecule has 0 bridgehead atoms. The van der Waals surface area contributed by atoms with Crippen molar-refractivity contribution >= 4 is 11.8 Å². The van der Waals surface area contributed by atoms with Crippen molar-refractivity contribution < 1.29 is 23.8 Å². The molecule has 0 spiro atoms. The van der Waals surface area contributed by atoms with E-state index < -0.39 is 12.0 Å². The summed E-state index contributed by atoms with van der Waals surface area (Å²) in [6.07, 6.45) is 0.700. The Morgan fingerprint density at radius 1 is 1.06 bits per heavy atom. The van der Waals surface area contributed by atoms with Crippen molar-refractivity contribution in [2.45, 2.75) is 18.4 Å². The molecule has 3 aliphatic heterocycles. The number of rotatable bonds is 6. The zero-order valence-corrected chi connectivity index (χ0v) is 19.7. The molecule has 1 fully saturated rings. The topological polar surface area (TPSA) is 80.3 Å². The molecule has 8 nitrogen and oxygen atoms in total. The molecule has 1 N–H and O–H groups in total. The van der Waals surface area contributed by atoms with Crippen LogP contribution in [0, 0.1) is 0 Å². The van der Waals surface area contributed by atoms with Crippen LogP contribution < -0.4 is 14.8 Å². The number of hydrogen-bond acceptors (Lipinski definition) is 6.